The molecule has 21 heavy (non-hydrogen) atoms. The highest BCUT2D eigenvalue weighted by Gasteiger charge is 2.43. The van der Waals surface area contributed by atoms with Crippen molar-refractivity contribution in [2.75, 3.05) is 6.54 Å². The molecule has 2 atom stereocenters. The predicted molar refractivity (Wildman–Crippen MR) is 75.6 cm³/mol. The van der Waals surface area contributed by atoms with E-state index in [9.17, 15) is 14.3 Å². The maximum absolute atomic E-state index is 13.7. The Balaban J connectivity index is 1.77. The predicted octanol–water partition coefficient (Wildman–Crippen LogP) is 1.89. The van der Waals surface area contributed by atoms with Crippen LogP contribution in [-0.4, -0.2) is 40.2 Å². The van der Waals surface area contributed by atoms with Crippen molar-refractivity contribution in [3.05, 3.63) is 29.6 Å². The molecule has 2 heterocycles. The Morgan fingerprint density at radius 3 is 2.90 bits per heavy atom. The summed E-state index contributed by atoms with van der Waals surface area (Å²) in [5.74, 6) is -0.395. The van der Waals surface area contributed by atoms with Crippen LogP contribution in [0.5, 0.6) is 5.75 Å². The van der Waals surface area contributed by atoms with Gasteiger partial charge < -0.3 is 14.7 Å². The highest BCUT2D eigenvalue weighted by molar-refractivity contribution is 5.83. The van der Waals surface area contributed by atoms with Crippen LogP contribution in [0.15, 0.2) is 18.2 Å². The van der Waals surface area contributed by atoms with Crippen molar-refractivity contribution in [3.63, 3.8) is 0 Å². The van der Waals surface area contributed by atoms with Gasteiger partial charge >= 0.3 is 0 Å². The van der Waals surface area contributed by atoms with Crippen molar-refractivity contribution < 1.29 is 19.0 Å². The number of hydrogen-bond acceptors (Lipinski definition) is 3. The van der Waals surface area contributed by atoms with E-state index in [0.29, 0.717) is 13.0 Å². The molecule has 0 aromatic heterocycles. The summed E-state index contributed by atoms with van der Waals surface area (Å²) in [6.45, 7) is 4.05. The van der Waals surface area contributed by atoms with Crippen LogP contribution in [0, 0.1) is 5.82 Å². The molecule has 3 rings (SSSR count). The summed E-state index contributed by atoms with van der Waals surface area (Å²) < 4.78 is 19.2. The summed E-state index contributed by atoms with van der Waals surface area (Å²) in [5, 5.41) is 10.2. The van der Waals surface area contributed by atoms with Gasteiger partial charge in [0.15, 0.2) is 17.7 Å². The van der Waals surface area contributed by atoms with Crippen LogP contribution in [0.3, 0.4) is 0 Å². The van der Waals surface area contributed by atoms with Crippen molar-refractivity contribution in [1.29, 1.82) is 0 Å². The molecule has 1 amide bonds. The van der Waals surface area contributed by atoms with E-state index in [0.717, 1.165) is 18.4 Å². The highest BCUT2D eigenvalue weighted by atomic mass is 19.1. The fourth-order valence-corrected chi connectivity index (χ4v) is 3.32. The Bertz CT molecular complexity index is 567. The number of carbonyl (C=O) groups is 1. The molecule has 2 aliphatic rings. The van der Waals surface area contributed by atoms with E-state index in [4.69, 9.17) is 4.74 Å². The lowest BCUT2D eigenvalue weighted by Crippen LogP contribution is -2.52. The lowest BCUT2D eigenvalue weighted by atomic mass is 9.96. The van der Waals surface area contributed by atoms with Gasteiger partial charge in [0.05, 0.1) is 11.6 Å². The Labute approximate surface area is 123 Å². The van der Waals surface area contributed by atoms with E-state index >= 15 is 0 Å². The molecule has 2 aliphatic heterocycles. The van der Waals surface area contributed by atoms with Crippen LogP contribution in [0.1, 0.15) is 32.3 Å². The molecule has 0 bridgehead atoms. The van der Waals surface area contributed by atoms with E-state index in [2.05, 4.69) is 0 Å². The number of para-hydroxylation sites is 1. The molecule has 0 aliphatic carbocycles. The Morgan fingerprint density at radius 1 is 1.48 bits per heavy atom. The topological polar surface area (TPSA) is 49.8 Å². The average Bonchev–Trinajstić information content (AvgIpc) is 3.04. The smallest absolute Gasteiger partial charge is 0.264 e. The standard InChI is InChI=1S/C16H20FNO3/c1-16(2,20)13-7-4-8-18(13)15(19)12-9-10-5-3-6-11(17)14(10)21-12/h3,5-6,12-13,20H,4,7-9H2,1-2H3. The summed E-state index contributed by atoms with van der Waals surface area (Å²) in [6, 6.07) is 4.53. The third-order valence-corrected chi connectivity index (χ3v) is 4.34. The van der Waals surface area contributed by atoms with Gasteiger partial charge in [-0.3, -0.25) is 4.79 Å². The first-order chi connectivity index (χ1) is 9.88. The second kappa shape index (κ2) is 4.98. The van der Waals surface area contributed by atoms with E-state index in [1.807, 2.05) is 0 Å². The zero-order chi connectivity index (χ0) is 15.2. The third-order valence-electron chi connectivity index (χ3n) is 4.34. The van der Waals surface area contributed by atoms with Gasteiger partial charge in [0, 0.05) is 18.5 Å². The van der Waals surface area contributed by atoms with Crippen molar-refractivity contribution in [2.45, 2.75) is 50.9 Å². The van der Waals surface area contributed by atoms with Crippen LogP contribution in [0.25, 0.3) is 0 Å². The van der Waals surface area contributed by atoms with Gasteiger partial charge in [0.25, 0.3) is 5.91 Å². The molecule has 0 spiro atoms. The number of fused-ring (bicyclic) bond motifs is 1. The van der Waals surface area contributed by atoms with Crippen molar-refractivity contribution >= 4 is 5.91 Å². The van der Waals surface area contributed by atoms with E-state index in [1.54, 1.807) is 30.9 Å². The minimum absolute atomic E-state index is 0.157. The number of likely N-dealkylation sites (tertiary alicyclic amines) is 1. The summed E-state index contributed by atoms with van der Waals surface area (Å²) >= 11 is 0. The van der Waals surface area contributed by atoms with Crippen LogP contribution < -0.4 is 4.74 Å². The first kappa shape index (κ1) is 14.3. The normalized spacial score (nSPS) is 24.9. The number of hydrogen-bond donors (Lipinski definition) is 1. The second-order valence-electron chi connectivity index (χ2n) is 6.38. The van der Waals surface area contributed by atoms with E-state index in [1.165, 1.54) is 6.07 Å². The minimum Gasteiger partial charge on any atom is -0.477 e. The highest BCUT2D eigenvalue weighted by Crippen LogP contribution is 2.34. The number of benzene rings is 1. The van der Waals surface area contributed by atoms with Gasteiger partial charge in [-0.1, -0.05) is 12.1 Å². The maximum Gasteiger partial charge on any atom is 0.264 e. The monoisotopic (exact) mass is 293 g/mol. The van der Waals surface area contributed by atoms with E-state index < -0.39 is 17.5 Å². The zero-order valence-corrected chi connectivity index (χ0v) is 12.3. The van der Waals surface area contributed by atoms with Crippen LogP contribution in [0.4, 0.5) is 4.39 Å². The molecular weight excluding hydrogens is 273 g/mol. The molecule has 1 aromatic carbocycles. The quantitative estimate of drug-likeness (QED) is 0.906. The molecule has 1 saturated heterocycles. The van der Waals surface area contributed by atoms with Crippen LogP contribution in [0.2, 0.25) is 0 Å². The Hall–Kier alpha value is -1.62. The summed E-state index contributed by atoms with van der Waals surface area (Å²) in [6.07, 6.45) is 1.36. The lowest BCUT2D eigenvalue weighted by Gasteiger charge is -2.34. The molecule has 5 heteroatoms. The number of carbonyl (C=O) groups excluding carboxylic acids is 1. The summed E-state index contributed by atoms with van der Waals surface area (Å²) in [4.78, 5) is 14.3. The molecule has 1 fully saturated rings. The first-order valence-electron chi connectivity index (χ1n) is 7.35. The molecule has 2 unspecified atom stereocenters. The lowest BCUT2D eigenvalue weighted by molar-refractivity contribution is -0.143. The average molecular weight is 293 g/mol. The van der Waals surface area contributed by atoms with Crippen molar-refractivity contribution in [2.24, 2.45) is 0 Å². The van der Waals surface area contributed by atoms with Gasteiger partial charge in [-0.2, -0.15) is 0 Å². The fraction of sp³-hybridized carbons (Fsp3) is 0.562. The zero-order valence-electron chi connectivity index (χ0n) is 12.3. The largest absolute Gasteiger partial charge is 0.477 e. The first-order valence-corrected chi connectivity index (χ1v) is 7.35. The van der Waals surface area contributed by atoms with Crippen molar-refractivity contribution in [3.8, 4) is 5.75 Å². The van der Waals surface area contributed by atoms with Gasteiger partial charge in [-0.05, 0) is 32.8 Å². The Kier molecular flexibility index (Phi) is 3.40. The second-order valence-corrected chi connectivity index (χ2v) is 6.38. The third kappa shape index (κ3) is 2.50. The van der Waals surface area contributed by atoms with Crippen molar-refractivity contribution in [1.82, 2.24) is 4.90 Å². The van der Waals surface area contributed by atoms with Gasteiger partial charge in [-0.15, -0.1) is 0 Å². The van der Waals surface area contributed by atoms with E-state index in [-0.39, 0.29) is 17.7 Å². The molecule has 0 radical (unpaired) electrons. The van der Waals surface area contributed by atoms with Crippen LogP contribution in [-0.2, 0) is 11.2 Å². The molecule has 0 saturated carbocycles. The molecule has 4 nitrogen and oxygen atoms in total. The number of aliphatic hydroxyl groups is 1. The van der Waals surface area contributed by atoms with Gasteiger partial charge in [-0.25, -0.2) is 4.39 Å². The minimum atomic E-state index is -0.942. The van der Waals surface area contributed by atoms with Gasteiger partial charge in [0.1, 0.15) is 0 Å². The number of amides is 1. The summed E-state index contributed by atoms with van der Waals surface area (Å²) in [5.41, 5.74) is -0.213. The van der Waals surface area contributed by atoms with Gasteiger partial charge in [0.2, 0.25) is 0 Å². The fourth-order valence-electron chi connectivity index (χ4n) is 3.32. The maximum atomic E-state index is 13.7. The summed E-state index contributed by atoms with van der Waals surface area (Å²) in [7, 11) is 0. The number of rotatable bonds is 2. The molecular formula is C16H20FNO3. The number of halogens is 1. The Morgan fingerprint density at radius 2 is 2.24 bits per heavy atom. The molecule has 1 N–H and O–H groups in total. The molecule has 114 valence electrons. The number of nitrogens with zero attached hydrogens (tertiary/aromatic N) is 1. The SMILES string of the molecule is CC(C)(O)C1CCCN1C(=O)C1Cc2cccc(F)c2O1. The molecule has 1 aromatic rings. The number of ether oxygens (including phenoxy) is 1. The van der Waals surface area contributed by atoms with Crippen LogP contribution >= 0.6 is 0 Å².